The van der Waals surface area contributed by atoms with Crippen LogP contribution in [0.1, 0.15) is 39.5 Å². The van der Waals surface area contributed by atoms with E-state index >= 15 is 0 Å². The predicted molar refractivity (Wildman–Crippen MR) is 63.9 cm³/mol. The molecule has 1 rings (SSSR count). The van der Waals surface area contributed by atoms with Gasteiger partial charge in [-0.2, -0.15) is 8.42 Å². The Labute approximate surface area is 104 Å². The van der Waals surface area contributed by atoms with Crippen LogP contribution in [0.2, 0.25) is 0 Å². The van der Waals surface area contributed by atoms with Gasteiger partial charge in [0.15, 0.2) is 0 Å². The lowest BCUT2D eigenvalue weighted by Crippen LogP contribution is -2.20. The molecule has 0 spiro atoms. The topological polar surface area (TPSA) is 61.8 Å². The molecule has 17 heavy (non-hydrogen) atoms. The average Bonchev–Trinajstić information content (AvgIpc) is 2.63. The van der Waals surface area contributed by atoms with Crippen molar-refractivity contribution in [2.75, 3.05) is 19.8 Å². The van der Waals surface area contributed by atoms with Gasteiger partial charge in [-0.05, 0) is 12.3 Å². The maximum absolute atomic E-state index is 10.8. The zero-order valence-electron chi connectivity index (χ0n) is 10.6. The summed E-state index contributed by atoms with van der Waals surface area (Å²) in [5, 5.41) is 0. The molecule has 1 aliphatic heterocycles. The minimum atomic E-state index is -3.75. The van der Waals surface area contributed by atoms with Crippen LogP contribution in [0.25, 0.3) is 0 Å². The number of ether oxygens (including phenoxy) is 1. The highest BCUT2D eigenvalue weighted by atomic mass is 32.3. The summed E-state index contributed by atoms with van der Waals surface area (Å²) in [4.78, 5) is 0. The third kappa shape index (κ3) is 5.81. The van der Waals surface area contributed by atoms with Crippen LogP contribution in [0.15, 0.2) is 0 Å². The van der Waals surface area contributed by atoms with Crippen molar-refractivity contribution in [3.05, 3.63) is 0 Å². The number of unbranched alkanes of at least 4 members (excludes halogenated alkanes) is 1. The Kier molecular flexibility index (Phi) is 6.40. The minimum absolute atomic E-state index is 0.0636. The molecule has 5 nitrogen and oxygen atoms in total. The van der Waals surface area contributed by atoms with E-state index in [1.165, 1.54) is 12.8 Å². The van der Waals surface area contributed by atoms with Crippen LogP contribution in [0, 0.1) is 5.92 Å². The van der Waals surface area contributed by atoms with Gasteiger partial charge < -0.3 is 4.74 Å². The van der Waals surface area contributed by atoms with E-state index in [4.69, 9.17) is 4.74 Å². The van der Waals surface area contributed by atoms with E-state index in [0.29, 0.717) is 12.5 Å². The quantitative estimate of drug-likeness (QED) is 0.671. The smallest absolute Gasteiger partial charge is 0.378 e. The molecular weight excluding hydrogens is 244 g/mol. The van der Waals surface area contributed by atoms with E-state index in [-0.39, 0.29) is 13.2 Å². The Hall–Kier alpha value is -0.170. The molecule has 6 heteroatoms. The molecule has 0 aromatic rings. The lowest BCUT2D eigenvalue weighted by Gasteiger charge is -2.15. The van der Waals surface area contributed by atoms with E-state index < -0.39 is 16.5 Å². The summed E-state index contributed by atoms with van der Waals surface area (Å²) in [7, 11) is -3.75. The molecule has 1 saturated heterocycles. The molecule has 1 aliphatic rings. The highest BCUT2D eigenvalue weighted by Gasteiger charge is 2.30. The van der Waals surface area contributed by atoms with E-state index in [1.807, 2.05) is 0 Å². The molecule has 0 aromatic carbocycles. The van der Waals surface area contributed by atoms with Gasteiger partial charge in [-0.15, -0.1) is 0 Å². The third-order valence-electron chi connectivity index (χ3n) is 2.85. The average molecular weight is 266 g/mol. The number of rotatable bonds is 8. The van der Waals surface area contributed by atoms with Gasteiger partial charge in [-0.3, -0.25) is 0 Å². The van der Waals surface area contributed by atoms with Gasteiger partial charge in [-0.25, -0.2) is 8.37 Å². The van der Waals surface area contributed by atoms with Crippen molar-refractivity contribution >= 4 is 10.4 Å². The second-order valence-electron chi connectivity index (χ2n) is 4.36. The molecule has 1 fully saturated rings. The minimum Gasteiger partial charge on any atom is -0.378 e. The van der Waals surface area contributed by atoms with Crippen molar-refractivity contribution in [3.8, 4) is 0 Å². The first-order valence-corrected chi connectivity index (χ1v) is 7.56. The third-order valence-corrected chi connectivity index (χ3v) is 3.79. The summed E-state index contributed by atoms with van der Waals surface area (Å²) in [5.41, 5.74) is 0. The summed E-state index contributed by atoms with van der Waals surface area (Å²) in [5.74, 6) is 0.550. The predicted octanol–water partition coefficient (Wildman–Crippen LogP) is 1.88. The standard InChI is InChI=1S/C11H22O5S/c1-3-5-6-10(4-2)7-14-8-11-9-15-17(12,13)16-11/h10-11H,3-9H2,1-2H3. The number of hydrogen-bond donors (Lipinski definition) is 0. The molecule has 0 bridgehead atoms. The van der Waals surface area contributed by atoms with Gasteiger partial charge in [0.1, 0.15) is 6.10 Å². The fraction of sp³-hybridized carbons (Fsp3) is 1.00. The Bertz CT molecular complexity index is 301. The van der Waals surface area contributed by atoms with Gasteiger partial charge in [0, 0.05) is 6.61 Å². The largest absolute Gasteiger partial charge is 0.400 e. The Morgan fingerprint density at radius 2 is 2.18 bits per heavy atom. The summed E-state index contributed by atoms with van der Waals surface area (Å²) in [6.07, 6.45) is 4.16. The fourth-order valence-electron chi connectivity index (χ4n) is 1.72. The van der Waals surface area contributed by atoms with Gasteiger partial charge in [-0.1, -0.05) is 33.1 Å². The fourth-order valence-corrected chi connectivity index (χ4v) is 2.54. The summed E-state index contributed by atoms with van der Waals surface area (Å²) in [6.45, 7) is 5.32. The number of hydrogen-bond acceptors (Lipinski definition) is 5. The van der Waals surface area contributed by atoms with E-state index in [0.717, 1.165) is 12.8 Å². The zero-order chi connectivity index (χ0) is 12.7. The lowest BCUT2D eigenvalue weighted by atomic mass is 10.0. The molecule has 0 aliphatic carbocycles. The van der Waals surface area contributed by atoms with Crippen LogP contribution in [0.4, 0.5) is 0 Å². The van der Waals surface area contributed by atoms with Crippen LogP contribution in [0.5, 0.6) is 0 Å². The molecule has 0 saturated carbocycles. The molecule has 0 aromatic heterocycles. The first-order valence-electron chi connectivity index (χ1n) is 6.22. The van der Waals surface area contributed by atoms with Gasteiger partial charge in [0.05, 0.1) is 13.2 Å². The Morgan fingerprint density at radius 1 is 1.41 bits per heavy atom. The second-order valence-corrected chi connectivity index (χ2v) is 5.61. The molecule has 0 N–H and O–H groups in total. The first kappa shape index (κ1) is 14.9. The van der Waals surface area contributed by atoms with E-state index in [9.17, 15) is 8.42 Å². The molecular formula is C11H22O5S. The van der Waals surface area contributed by atoms with Crippen molar-refractivity contribution in [2.45, 2.75) is 45.6 Å². The highest BCUT2D eigenvalue weighted by molar-refractivity contribution is 7.82. The molecule has 102 valence electrons. The van der Waals surface area contributed by atoms with Crippen molar-refractivity contribution in [3.63, 3.8) is 0 Å². The van der Waals surface area contributed by atoms with Crippen LogP contribution in [-0.2, 0) is 23.5 Å². The van der Waals surface area contributed by atoms with Gasteiger partial charge >= 0.3 is 10.4 Å². The SMILES string of the molecule is CCCCC(CC)COCC1COS(=O)(=O)O1. The second kappa shape index (κ2) is 7.31. The van der Waals surface area contributed by atoms with Gasteiger partial charge in [0.2, 0.25) is 0 Å². The van der Waals surface area contributed by atoms with Crippen molar-refractivity contribution in [2.24, 2.45) is 5.92 Å². The van der Waals surface area contributed by atoms with E-state index in [1.54, 1.807) is 0 Å². The Morgan fingerprint density at radius 3 is 2.71 bits per heavy atom. The lowest BCUT2D eigenvalue weighted by molar-refractivity contribution is 0.0382. The van der Waals surface area contributed by atoms with Crippen LogP contribution >= 0.6 is 0 Å². The zero-order valence-corrected chi connectivity index (χ0v) is 11.4. The first-order chi connectivity index (χ1) is 8.07. The van der Waals surface area contributed by atoms with Crippen LogP contribution in [-0.4, -0.2) is 34.3 Å². The highest BCUT2D eigenvalue weighted by Crippen LogP contribution is 2.15. The monoisotopic (exact) mass is 266 g/mol. The molecule has 0 radical (unpaired) electrons. The molecule has 2 unspecified atom stereocenters. The molecule has 2 atom stereocenters. The summed E-state index contributed by atoms with van der Waals surface area (Å²) in [6, 6.07) is 0. The summed E-state index contributed by atoms with van der Waals surface area (Å²) >= 11 is 0. The van der Waals surface area contributed by atoms with Crippen LogP contribution < -0.4 is 0 Å². The Balaban J connectivity index is 2.14. The molecule has 0 amide bonds. The van der Waals surface area contributed by atoms with Crippen LogP contribution in [0.3, 0.4) is 0 Å². The van der Waals surface area contributed by atoms with Crippen molar-refractivity contribution < 1.29 is 21.5 Å². The van der Waals surface area contributed by atoms with Crippen molar-refractivity contribution in [1.29, 1.82) is 0 Å². The molecule has 1 heterocycles. The maximum Gasteiger partial charge on any atom is 0.400 e. The summed E-state index contributed by atoms with van der Waals surface area (Å²) < 4.78 is 36.3. The van der Waals surface area contributed by atoms with E-state index in [2.05, 4.69) is 22.2 Å². The normalized spacial score (nSPS) is 24.9. The van der Waals surface area contributed by atoms with Gasteiger partial charge in [0.25, 0.3) is 0 Å². The maximum atomic E-state index is 10.8. The van der Waals surface area contributed by atoms with Crippen molar-refractivity contribution in [1.82, 2.24) is 0 Å².